The molecule has 0 radical (unpaired) electrons. The molecule has 14 heavy (non-hydrogen) atoms. The minimum atomic E-state index is -4.41. The van der Waals surface area contributed by atoms with Crippen molar-refractivity contribution in [2.75, 3.05) is 6.16 Å². The molecule has 4 heteroatoms. The molecule has 1 aliphatic rings. The molecule has 0 aromatic carbocycles. The lowest BCUT2D eigenvalue weighted by Crippen LogP contribution is -2.27. The fraction of sp³-hybridized carbons (Fsp3) is 0.800. The van der Waals surface area contributed by atoms with Crippen LogP contribution in [-0.4, -0.2) is 6.16 Å². The minimum absolute atomic E-state index is 0.118. The summed E-state index contributed by atoms with van der Waals surface area (Å²) in [6.07, 6.45) is 2.70. The van der Waals surface area contributed by atoms with Crippen LogP contribution in [0.15, 0.2) is 11.1 Å². The summed E-state index contributed by atoms with van der Waals surface area (Å²) >= 11 is 0. The maximum atomic E-state index is 10.8. The Kier molecular flexibility index (Phi) is 3.25. The van der Waals surface area contributed by atoms with Gasteiger partial charge in [0.1, 0.15) is 0 Å². The normalized spacial score (nSPS) is 22.6. The highest BCUT2D eigenvalue weighted by Gasteiger charge is 2.28. The van der Waals surface area contributed by atoms with Gasteiger partial charge in [0.2, 0.25) is 0 Å². The molecule has 0 fully saturated rings. The van der Waals surface area contributed by atoms with E-state index in [1.807, 2.05) is 20.8 Å². The molecule has 0 aliphatic heterocycles. The number of hydrogen-bond donors (Lipinski definition) is 0. The van der Waals surface area contributed by atoms with Gasteiger partial charge in [-0.25, -0.2) is 0 Å². The van der Waals surface area contributed by atoms with Gasteiger partial charge in [-0.05, 0) is 37.8 Å². The summed E-state index contributed by atoms with van der Waals surface area (Å²) in [5.41, 5.74) is 1.82. The first-order chi connectivity index (χ1) is 6.22. The molecule has 0 saturated carbocycles. The molecular formula is C10H17O3P-2. The number of allylic oxidation sites excluding steroid dienone is 2. The van der Waals surface area contributed by atoms with Crippen LogP contribution in [0.3, 0.4) is 0 Å². The Labute approximate surface area is 85.4 Å². The topological polar surface area (TPSA) is 63.2 Å². The molecule has 82 valence electrons. The molecule has 0 spiro atoms. The lowest BCUT2D eigenvalue weighted by atomic mass is 9.73. The summed E-state index contributed by atoms with van der Waals surface area (Å²) in [6.45, 7) is 5.97. The Bertz CT molecular complexity index is 298. The average Bonchev–Trinajstić information content (AvgIpc) is 1.95. The summed E-state index contributed by atoms with van der Waals surface area (Å²) in [5, 5.41) is 0. The number of hydrogen-bond acceptors (Lipinski definition) is 3. The fourth-order valence-electron chi connectivity index (χ4n) is 2.22. The minimum Gasteiger partial charge on any atom is -0.810 e. The molecular weight excluding hydrogens is 199 g/mol. The second-order valence-corrected chi connectivity index (χ2v) is 6.30. The van der Waals surface area contributed by atoms with Gasteiger partial charge >= 0.3 is 0 Å². The molecule has 3 nitrogen and oxygen atoms in total. The Hall–Kier alpha value is -0.110. The zero-order valence-corrected chi connectivity index (χ0v) is 9.89. The van der Waals surface area contributed by atoms with Gasteiger partial charge in [0, 0.05) is 0 Å². The van der Waals surface area contributed by atoms with E-state index in [0.29, 0.717) is 0 Å². The van der Waals surface area contributed by atoms with Crippen molar-refractivity contribution in [2.24, 2.45) is 5.41 Å². The smallest absolute Gasteiger partial charge is 0.00312 e. The van der Waals surface area contributed by atoms with Crippen molar-refractivity contribution in [1.82, 2.24) is 0 Å². The summed E-state index contributed by atoms with van der Waals surface area (Å²) in [5.74, 6) is 0. The van der Waals surface area contributed by atoms with Gasteiger partial charge in [0.05, 0.1) is 0 Å². The van der Waals surface area contributed by atoms with Crippen molar-refractivity contribution >= 4 is 7.60 Å². The van der Waals surface area contributed by atoms with Crippen LogP contribution < -0.4 is 9.79 Å². The van der Waals surface area contributed by atoms with Crippen LogP contribution in [0.1, 0.15) is 40.0 Å². The van der Waals surface area contributed by atoms with Crippen molar-refractivity contribution < 1.29 is 14.4 Å². The standard InChI is InChI=1S/C10H19O3P/c1-8-5-4-6-10(2,3)9(8)7-14(11,12)13/h4-7H2,1-3H3,(H2,11,12,13)/p-2. The maximum absolute atomic E-state index is 10.8. The lowest BCUT2D eigenvalue weighted by molar-refractivity contribution is -0.313. The zero-order valence-electron chi connectivity index (χ0n) is 9.00. The first kappa shape index (κ1) is 12.0. The predicted molar refractivity (Wildman–Crippen MR) is 52.8 cm³/mol. The summed E-state index contributed by atoms with van der Waals surface area (Å²) in [4.78, 5) is 21.5. The summed E-state index contributed by atoms with van der Waals surface area (Å²) < 4.78 is 10.8. The van der Waals surface area contributed by atoms with E-state index in [0.717, 1.165) is 30.4 Å². The molecule has 0 N–H and O–H groups in total. The van der Waals surface area contributed by atoms with Crippen LogP contribution in [0.25, 0.3) is 0 Å². The van der Waals surface area contributed by atoms with Crippen LogP contribution in [-0.2, 0) is 4.57 Å². The van der Waals surface area contributed by atoms with Gasteiger partial charge in [-0.2, -0.15) is 0 Å². The molecule has 0 aromatic rings. The largest absolute Gasteiger partial charge is 0.810 e. The van der Waals surface area contributed by atoms with Crippen molar-refractivity contribution in [3.8, 4) is 0 Å². The van der Waals surface area contributed by atoms with Crippen LogP contribution in [0.5, 0.6) is 0 Å². The molecule has 0 heterocycles. The third kappa shape index (κ3) is 2.94. The Balaban J connectivity index is 2.97. The second kappa shape index (κ2) is 3.80. The van der Waals surface area contributed by atoms with Crippen molar-refractivity contribution in [2.45, 2.75) is 40.0 Å². The van der Waals surface area contributed by atoms with Gasteiger partial charge < -0.3 is 14.4 Å². The third-order valence-corrected chi connectivity index (χ3v) is 3.74. The van der Waals surface area contributed by atoms with E-state index in [-0.39, 0.29) is 11.6 Å². The van der Waals surface area contributed by atoms with E-state index >= 15 is 0 Å². The first-order valence-corrected chi connectivity index (χ1v) is 6.65. The quantitative estimate of drug-likeness (QED) is 0.518. The average molecular weight is 216 g/mol. The van der Waals surface area contributed by atoms with Crippen LogP contribution in [0.2, 0.25) is 0 Å². The number of rotatable bonds is 2. The molecule has 0 amide bonds. The molecule has 0 saturated heterocycles. The molecule has 1 rings (SSSR count). The van der Waals surface area contributed by atoms with E-state index in [1.54, 1.807) is 0 Å². The second-order valence-electron chi connectivity index (χ2n) is 4.77. The van der Waals surface area contributed by atoms with Gasteiger partial charge in [0.15, 0.2) is 0 Å². The van der Waals surface area contributed by atoms with Gasteiger partial charge in [-0.1, -0.05) is 32.6 Å². The Morgan fingerprint density at radius 2 is 2.00 bits per heavy atom. The van der Waals surface area contributed by atoms with Crippen molar-refractivity contribution in [3.05, 3.63) is 11.1 Å². The first-order valence-electron chi connectivity index (χ1n) is 4.92. The van der Waals surface area contributed by atoms with Crippen LogP contribution >= 0.6 is 7.60 Å². The van der Waals surface area contributed by atoms with Crippen LogP contribution in [0, 0.1) is 5.41 Å². The Morgan fingerprint density at radius 1 is 1.43 bits per heavy atom. The summed E-state index contributed by atoms with van der Waals surface area (Å²) in [6, 6.07) is 0. The predicted octanol–water partition coefficient (Wildman–Crippen LogP) is 1.43. The zero-order chi connectivity index (χ0) is 11.0. The van der Waals surface area contributed by atoms with E-state index in [9.17, 15) is 14.4 Å². The van der Waals surface area contributed by atoms with E-state index in [1.165, 1.54) is 0 Å². The summed E-state index contributed by atoms with van der Waals surface area (Å²) in [7, 11) is -4.41. The molecule has 0 aromatic heterocycles. The van der Waals surface area contributed by atoms with Gasteiger partial charge in [-0.3, -0.25) is 0 Å². The molecule has 0 bridgehead atoms. The highest BCUT2D eigenvalue weighted by Crippen LogP contribution is 2.44. The van der Waals surface area contributed by atoms with Crippen molar-refractivity contribution in [3.63, 3.8) is 0 Å². The highest BCUT2D eigenvalue weighted by atomic mass is 31.2. The maximum Gasteiger partial charge on any atom is -0.00312 e. The molecule has 0 atom stereocenters. The molecule has 1 aliphatic carbocycles. The van der Waals surface area contributed by atoms with E-state index in [2.05, 4.69) is 0 Å². The van der Waals surface area contributed by atoms with Gasteiger partial charge in [-0.15, -0.1) is 0 Å². The monoisotopic (exact) mass is 216 g/mol. The highest BCUT2D eigenvalue weighted by molar-refractivity contribution is 7.49. The lowest BCUT2D eigenvalue weighted by Gasteiger charge is -2.40. The molecule has 0 unspecified atom stereocenters. The SMILES string of the molecule is CC1=C(CP(=O)([O-])[O-])C(C)(C)CCC1. The Morgan fingerprint density at radius 3 is 2.43 bits per heavy atom. The third-order valence-electron chi connectivity index (χ3n) is 3.04. The van der Waals surface area contributed by atoms with Crippen LogP contribution in [0.4, 0.5) is 0 Å². The fourth-order valence-corrected chi connectivity index (χ4v) is 3.30. The van der Waals surface area contributed by atoms with E-state index < -0.39 is 7.60 Å². The van der Waals surface area contributed by atoms with Gasteiger partial charge in [0.25, 0.3) is 0 Å². The van der Waals surface area contributed by atoms with E-state index in [4.69, 9.17) is 0 Å². The van der Waals surface area contributed by atoms with Crippen molar-refractivity contribution in [1.29, 1.82) is 0 Å².